The van der Waals surface area contributed by atoms with Gasteiger partial charge in [0, 0.05) is 31.1 Å². The van der Waals surface area contributed by atoms with Gasteiger partial charge < -0.3 is 14.2 Å². The van der Waals surface area contributed by atoms with E-state index >= 15 is 0 Å². The normalized spacial score (nSPS) is 15.9. The summed E-state index contributed by atoms with van der Waals surface area (Å²) < 4.78 is 8.16. The van der Waals surface area contributed by atoms with Gasteiger partial charge >= 0.3 is 0 Å². The van der Waals surface area contributed by atoms with Crippen LogP contribution in [0.15, 0.2) is 66.7 Å². The van der Waals surface area contributed by atoms with Crippen molar-refractivity contribution in [3.63, 3.8) is 0 Å². The van der Waals surface area contributed by atoms with E-state index in [1.807, 2.05) is 47.4 Å². The van der Waals surface area contributed by atoms with E-state index in [-0.39, 0.29) is 11.8 Å². The van der Waals surface area contributed by atoms with Crippen molar-refractivity contribution in [1.82, 2.24) is 9.55 Å². The highest BCUT2D eigenvalue weighted by Crippen LogP contribution is 2.35. The van der Waals surface area contributed by atoms with Crippen molar-refractivity contribution >= 4 is 34.2 Å². The maximum absolute atomic E-state index is 13.1. The smallest absolute Gasteiger partial charge is 0.227 e. The number of anilines is 1. The third-order valence-electron chi connectivity index (χ3n) is 6.45. The molecule has 1 aliphatic heterocycles. The lowest BCUT2D eigenvalue weighted by Crippen LogP contribution is -2.25. The van der Waals surface area contributed by atoms with Crippen LogP contribution in [0.4, 0.5) is 5.69 Å². The summed E-state index contributed by atoms with van der Waals surface area (Å²) in [5, 5.41) is 0.618. The molecule has 0 bridgehead atoms. The van der Waals surface area contributed by atoms with E-state index in [0.717, 1.165) is 46.6 Å². The Morgan fingerprint density at radius 2 is 1.85 bits per heavy atom. The van der Waals surface area contributed by atoms with Gasteiger partial charge in [0.15, 0.2) is 0 Å². The fourth-order valence-corrected chi connectivity index (χ4v) is 4.92. The average molecular weight is 474 g/mol. The number of imidazole rings is 1. The summed E-state index contributed by atoms with van der Waals surface area (Å²) in [6, 6.07) is 22.0. The molecule has 34 heavy (non-hydrogen) atoms. The summed E-state index contributed by atoms with van der Waals surface area (Å²) >= 11 is 6.21. The van der Waals surface area contributed by atoms with Crippen LogP contribution in [-0.2, 0) is 11.3 Å². The van der Waals surface area contributed by atoms with Gasteiger partial charge in [0.2, 0.25) is 5.91 Å². The monoisotopic (exact) mass is 473 g/mol. The van der Waals surface area contributed by atoms with Crippen LogP contribution in [0.5, 0.6) is 5.75 Å². The van der Waals surface area contributed by atoms with Crippen LogP contribution in [0, 0.1) is 13.8 Å². The van der Waals surface area contributed by atoms with E-state index in [1.54, 1.807) is 0 Å². The van der Waals surface area contributed by atoms with Crippen molar-refractivity contribution in [2.75, 3.05) is 18.1 Å². The molecule has 0 aliphatic carbocycles. The Morgan fingerprint density at radius 3 is 2.71 bits per heavy atom. The molecule has 1 fully saturated rings. The minimum absolute atomic E-state index is 0.0456. The molecule has 0 N–H and O–H groups in total. The summed E-state index contributed by atoms with van der Waals surface area (Å²) in [4.78, 5) is 20.0. The highest BCUT2D eigenvalue weighted by atomic mass is 35.5. The summed E-state index contributed by atoms with van der Waals surface area (Å²) in [6.45, 7) is 6.07. The number of rotatable bonds is 7. The summed E-state index contributed by atoms with van der Waals surface area (Å²) in [7, 11) is 0. The second-order valence-electron chi connectivity index (χ2n) is 8.94. The predicted octanol–water partition coefficient (Wildman–Crippen LogP) is 6.30. The van der Waals surface area contributed by atoms with Gasteiger partial charge in [-0.15, -0.1) is 0 Å². The first-order valence-electron chi connectivity index (χ1n) is 11.7. The largest absolute Gasteiger partial charge is 0.492 e. The summed E-state index contributed by atoms with van der Waals surface area (Å²) in [5.41, 5.74) is 5.32. The Labute approximate surface area is 204 Å². The number of benzene rings is 3. The molecular formula is C28H28ClN3O2. The van der Waals surface area contributed by atoms with Crippen molar-refractivity contribution in [3.05, 3.63) is 88.7 Å². The number of carbonyl (C=O) groups is 1. The van der Waals surface area contributed by atoms with Crippen LogP contribution in [-0.4, -0.2) is 28.6 Å². The minimum atomic E-state index is 0.0456. The number of ether oxygens (including phenoxy) is 1. The fourth-order valence-electron chi connectivity index (χ4n) is 4.73. The highest BCUT2D eigenvalue weighted by molar-refractivity contribution is 6.32. The third-order valence-corrected chi connectivity index (χ3v) is 6.76. The number of aryl methyl sites for hydroxylation is 3. The average Bonchev–Trinajstić information content (AvgIpc) is 3.40. The Balaban J connectivity index is 1.37. The molecule has 5 nitrogen and oxygen atoms in total. The number of hydrogen-bond acceptors (Lipinski definition) is 3. The molecule has 6 heteroatoms. The van der Waals surface area contributed by atoms with Gasteiger partial charge in [-0.1, -0.05) is 48.0 Å². The predicted molar refractivity (Wildman–Crippen MR) is 137 cm³/mol. The van der Waals surface area contributed by atoms with Gasteiger partial charge in [-0.25, -0.2) is 4.98 Å². The molecule has 1 amide bonds. The molecule has 1 saturated heterocycles. The highest BCUT2D eigenvalue weighted by Gasteiger charge is 2.35. The number of hydrogen-bond donors (Lipinski definition) is 0. The van der Waals surface area contributed by atoms with E-state index in [9.17, 15) is 4.79 Å². The number of aromatic nitrogens is 2. The summed E-state index contributed by atoms with van der Waals surface area (Å²) in [6.07, 6.45) is 1.27. The molecule has 0 saturated carbocycles. The SMILES string of the molecule is Cc1ccc(C)c(N2CC(c3nc4ccccc4n3CCCOc3ccccc3Cl)CC2=O)c1. The van der Waals surface area contributed by atoms with Crippen molar-refractivity contribution in [1.29, 1.82) is 0 Å². The number of para-hydroxylation sites is 3. The third kappa shape index (κ3) is 4.40. The van der Waals surface area contributed by atoms with Gasteiger partial charge in [0.25, 0.3) is 0 Å². The zero-order chi connectivity index (χ0) is 23.7. The molecule has 174 valence electrons. The van der Waals surface area contributed by atoms with Crippen LogP contribution in [0.2, 0.25) is 5.02 Å². The molecule has 0 radical (unpaired) electrons. The Hall–Kier alpha value is -3.31. The lowest BCUT2D eigenvalue weighted by Gasteiger charge is -2.20. The van der Waals surface area contributed by atoms with Crippen molar-refractivity contribution < 1.29 is 9.53 Å². The number of fused-ring (bicyclic) bond motifs is 1. The Bertz CT molecular complexity index is 1350. The topological polar surface area (TPSA) is 47.4 Å². The van der Waals surface area contributed by atoms with E-state index in [0.29, 0.717) is 30.3 Å². The quantitative estimate of drug-likeness (QED) is 0.296. The maximum Gasteiger partial charge on any atom is 0.227 e. The first-order valence-corrected chi connectivity index (χ1v) is 12.1. The first-order chi connectivity index (χ1) is 16.5. The lowest BCUT2D eigenvalue weighted by molar-refractivity contribution is -0.117. The molecular weight excluding hydrogens is 446 g/mol. The van der Waals surface area contributed by atoms with Gasteiger partial charge in [0.05, 0.1) is 22.7 Å². The Morgan fingerprint density at radius 1 is 1.06 bits per heavy atom. The minimum Gasteiger partial charge on any atom is -0.492 e. The molecule has 1 aliphatic rings. The molecule has 1 unspecified atom stereocenters. The van der Waals surface area contributed by atoms with Crippen molar-refractivity contribution in [3.8, 4) is 5.75 Å². The molecule has 0 spiro atoms. The van der Waals surface area contributed by atoms with Gasteiger partial charge in [-0.2, -0.15) is 0 Å². The van der Waals surface area contributed by atoms with Gasteiger partial charge in [-0.3, -0.25) is 4.79 Å². The van der Waals surface area contributed by atoms with Crippen LogP contribution < -0.4 is 9.64 Å². The molecule has 2 heterocycles. The zero-order valence-electron chi connectivity index (χ0n) is 19.5. The second-order valence-corrected chi connectivity index (χ2v) is 9.35. The van der Waals surface area contributed by atoms with Gasteiger partial charge in [-0.05, 0) is 61.7 Å². The van der Waals surface area contributed by atoms with E-state index in [4.69, 9.17) is 21.3 Å². The number of amides is 1. The second kappa shape index (κ2) is 9.51. The molecule has 4 aromatic rings. The molecule has 1 atom stereocenters. The lowest BCUT2D eigenvalue weighted by atomic mass is 10.1. The Kier molecular flexibility index (Phi) is 6.29. The van der Waals surface area contributed by atoms with Crippen molar-refractivity contribution in [2.24, 2.45) is 0 Å². The standard InChI is InChI=1S/C28H28ClN3O2/c1-19-12-13-20(2)25(16-19)32-18-21(17-27(32)33)28-30-23-9-4-5-10-24(23)31(28)14-7-15-34-26-11-6-3-8-22(26)29/h3-6,8-13,16,21H,7,14-15,17-18H2,1-2H3. The molecule has 5 rings (SSSR count). The summed E-state index contributed by atoms with van der Waals surface area (Å²) in [5.74, 6) is 1.87. The van der Waals surface area contributed by atoms with E-state index < -0.39 is 0 Å². The zero-order valence-corrected chi connectivity index (χ0v) is 20.3. The van der Waals surface area contributed by atoms with Crippen LogP contribution in [0.3, 0.4) is 0 Å². The molecule has 1 aromatic heterocycles. The number of nitrogens with zero attached hydrogens (tertiary/aromatic N) is 3. The number of carbonyl (C=O) groups excluding carboxylic acids is 1. The van der Waals surface area contributed by atoms with E-state index in [1.165, 1.54) is 0 Å². The van der Waals surface area contributed by atoms with Crippen LogP contribution in [0.25, 0.3) is 11.0 Å². The van der Waals surface area contributed by atoms with E-state index in [2.05, 4.69) is 42.7 Å². The van der Waals surface area contributed by atoms with Crippen LogP contribution >= 0.6 is 11.6 Å². The van der Waals surface area contributed by atoms with Crippen molar-refractivity contribution in [2.45, 2.75) is 39.2 Å². The fraction of sp³-hybridized carbons (Fsp3) is 0.286. The maximum atomic E-state index is 13.1. The molecule has 3 aromatic carbocycles. The number of halogens is 1. The van der Waals surface area contributed by atoms with Crippen LogP contribution in [0.1, 0.15) is 35.7 Å². The van der Waals surface area contributed by atoms with Gasteiger partial charge in [0.1, 0.15) is 11.6 Å². The first kappa shape index (κ1) is 22.5.